The molecule has 3 aromatic heterocycles. The van der Waals surface area contributed by atoms with Crippen molar-refractivity contribution in [2.75, 3.05) is 0 Å². The molecule has 0 N–H and O–H groups in total. The Balaban J connectivity index is 1.23. The van der Waals surface area contributed by atoms with E-state index in [4.69, 9.17) is 15.1 Å². The Morgan fingerprint density at radius 1 is 0.412 bits per heavy atom. The van der Waals surface area contributed by atoms with Crippen LogP contribution in [0.3, 0.4) is 0 Å². The van der Waals surface area contributed by atoms with Crippen LogP contribution in [0.5, 0.6) is 0 Å². The van der Waals surface area contributed by atoms with Crippen molar-refractivity contribution in [3.63, 3.8) is 0 Å². The van der Waals surface area contributed by atoms with E-state index < -0.39 is 54.4 Å². The summed E-state index contributed by atoms with van der Waals surface area (Å²) in [5, 5.41) is 4.71. The van der Waals surface area contributed by atoms with Crippen molar-refractivity contribution in [2.24, 2.45) is 0 Å². The molecule has 51 heavy (non-hydrogen) atoms. The van der Waals surface area contributed by atoms with Gasteiger partial charge in [0.2, 0.25) is 0 Å². The van der Waals surface area contributed by atoms with Gasteiger partial charge in [-0.25, -0.2) is 0 Å². The van der Waals surface area contributed by atoms with Crippen molar-refractivity contribution in [1.29, 1.82) is 0 Å². The first-order valence-electron chi connectivity index (χ1n) is 22.9. The topological polar surface area (TPSA) is 9.86 Å². The molecule has 0 bridgehead atoms. The van der Waals surface area contributed by atoms with Crippen LogP contribution in [0, 0.1) is 0 Å². The van der Waals surface area contributed by atoms with Crippen LogP contribution >= 0.6 is 11.3 Å². The van der Waals surface area contributed by atoms with Crippen LogP contribution in [0.1, 0.15) is 17.8 Å². The smallest absolute Gasteiger partial charge is 0.0645 e. The zero-order valence-electron chi connectivity index (χ0n) is 39.6. The maximum absolute atomic E-state index is 9.56. The zero-order valence-corrected chi connectivity index (χ0v) is 27.4. The van der Waals surface area contributed by atoms with Gasteiger partial charge in [-0.15, -0.1) is 11.3 Å². The second-order valence-electron chi connectivity index (χ2n) is 12.3. The number of aromatic nitrogens is 2. The Kier molecular flexibility index (Phi) is 4.01. The van der Waals surface area contributed by atoms with E-state index in [1.54, 1.807) is 0 Å². The van der Waals surface area contributed by atoms with Crippen LogP contribution in [0.2, 0.25) is 0 Å². The number of benzene rings is 8. The molecule has 11 rings (SSSR count). The van der Waals surface area contributed by atoms with Gasteiger partial charge >= 0.3 is 0 Å². The monoisotopic (exact) mass is 679 g/mol. The molecule has 0 aliphatic carbocycles. The maximum atomic E-state index is 9.56. The minimum atomic E-state index is -0.635. The molecule has 0 aliphatic heterocycles. The van der Waals surface area contributed by atoms with Gasteiger partial charge in [0.05, 0.1) is 45.6 Å². The van der Waals surface area contributed by atoms with Crippen LogP contribution in [0.15, 0.2) is 182 Å². The Hall–Kier alpha value is -6.42. The number of fused-ring (bicyclic) bond motifs is 9. The van der Waals surface area contributed by atoms with Crippen LogP contribution in [0.25, 0.3) is 97.4 Å². The van der Waals surface area contributed by atoms with Crippen molar-refractivity contribution >= 4 is 75.1 Å². The molecule has 0 saturated heterocycles. The Morgan fingerprint density at radius 2 is 1.06 bits per heavy atom. The van der Waals surface area contributed by atoms with Crippen molar-refractivity contribution in [1.82, 2.24) is 9.13 Å². The molecular weight excluding hydrogens is 637 g/mol. The molecule has 0 saturated carbocycles. The van der Waals surface area contributed by atoms with Gasteiger partial charge in [-0.2, -0.15) is 0 Å². The molecule has 238 valence electrons. The third-order valence-corrected chi connectivity index (χ3v) is 10.7. The standard InChI is InChI=1S/C48H30N2S/c1-2-13-31(14-3-1)32-15-12-16-33(27-32)34-28-45(48-39-20-7-11-24-46(39)51-47(48)29-34)50-43-23-10-6-19-38(43)40-30-35(25-26-44(40)50)49-41-21-8-4-17-36(41)37-18-5-9-22-42(37)49/h1-30H/i1D,2D,3D,4D,8D,12D,13D,14D,15D,16D,17D,21D,27D. The summed E-state index contributed by atoms with van der Waals surface area (Å²) in [6, 6.07) is 27.0. The van der Waals surface area contributed by atoms with Gasteiger partial charge in [-0.1, -0.05) is 121 Å². The van der Waals surface area contributed by atoms with E-state index in [2.05, 4.69) is 4.57 Å². The van der Waals surface area contributed by atoms with E-state index >= 15 is 0 Å². The lowest BCUT2D eigenvalue weighted by Gasteiger charge is -2.14. The lowest BCUT2D eigenvalue weighted by molar-refractivity contribution is 1.17. The first-order chi connectivity index (χ1) is 30.7. The first kappa shape index (κ1) is 18.5. The molecule has 0 spiro atoms. The Bertz CT molecular complexity index is 3870. The molecule has 0 radical (unpaired) electrons. The number of hydrogen-bond donors (Lipinski definition) is 0. The highest BCUT2D eigenvalue weighted by atomic mass is 32.1. The fourth-order valence-electron chi connectivity index (χ4n) is 7.44. The van der Waals surface area contributed by atoms with E-state index in [0.29, 0.717) is 33.2 Å². The molecule has 11 aromatic rings. The zero-order chi connectivity index (χ0) is 44.8. The summed E-state index contributed by atoms with van der Waals surface area (Å²) in [5.74, 6) is 0. The average molecular weight is 680 g/mol. The fraction of sp³-hybridized carbons (Fsp3) is 0. The highest BCUT2D eigenvalue weighted by Gasteiger charge is 2.20. The lowest BCUT2D eigenvalue weighted by atomic mass is 9.97. The van der Waals surface area contributed by atoms with Crippen LogP contribution in [0.4, 0.5) is 0 Å². The van der Waals surface area contributed by atoms with E-state index in [0.717, 1.165) is 47.5 Å². The third kappa shape index (κ3) is 4.29. The minimum Gasteiger partial charge on any atom is -0.309 e. The molecule has 3 heterocycles. The van der Waals surface area contributed by atoms with Crippen molar-refractivity contribution in [3.05, 3.63) is 182 Å². The summed E-state index contributed by atoms with van der Waals surface area (Å²) in [6.07, 6.45) is 0. The van der Waals surface area contributed by atoms with Crippen LogP contribution < -0.4 is 0 Å². The second-order valence-corrected chi connectivity index (χ2v) is 13.4. The number of hydrogen-bond acceptors (Lipinski definition) is 1. The van der Waals surface area contributed by atoms with Crippen molar-refractivity contribution in [2.45, 2.75) is 0 Å². The van der Waals surface area contributed by atoms with Gasteiger partial charge in [0, 0.05) is 47.4 Å². The predicted octanol–water partition coefficient (Wildman–Crippen LogP) is 13.6. The maximum Gasteiger partial charge on any atom is 0.0645 e. The number of para-hydroxylation sites is 3. The predicted molar refractivity (Wildman–Crippen MR) is 219 cm³/mol. The third-order valence-electron chi connectivity index (χ3n) is 9.58. The van der Waals surface area contributed by atoms with Gasteiger partial charge in [0.25, 0.3) is 0 Å². The fourth-order valence-corrected chi connectivity index (χ4v) is 8.60. The second kappa shape index (κ2) is 11.0. The summed E-state index contributed by atoms with van der Waals surface area (Å²) in [6.45, 7) is 0. The highest BCUT2D eigenvalue weighted by molar-refractivity contribution is 7.26. The number of thiophene rings is 1. The Labute approximate surface area is 316 Å². The molecule has 0 amide bonds. The molecule has 0 unspecified atom stereocenters. The molecule has 0 aliphatic rings. The number of rotatable bonds is 4. The summed E-state index contributed by atoms with van der Waals surface area (Å²) >= 11 is 1.52. The van der Waals surface area contributed by atoms with Gasteiger partial charge in [-0.3, -0.25) is 0 Å². The van der Waals surface area contributed by atoms with Crippen LogP contribution in [-0.2, 0) is 0 Å². The Morgan fingerprint density at radius 3 is 1.90 bits per heavy atom. The van der Waals surface area contributed by atoms with Crippen molar-refractivity contribution < 1.29 is 17.8 Å². The first-order valence-corrected chi connectivity index (χ1v) is 17.2. The van der Waals surface area contributed by atoms with Gasteiger partial charge in [-0.05, 0) is 82.9 Å². The van der Waals surface area contributed by atoms with Gasteiger partial charge in [0.1, 0.15) is 0 Å². The summed E-state index contributed by atoms with van der Waals surface area (Å²) in [5.41, 5.74) is 3.72. The van der Waals surface area contributed by atoms with Gasteiger partial charge in [0.15, 0.2) is 0 Å². The quantitative estimate of drug-likeness (QED) is 0.175. The minimum absolute atomic E-state index is 0.0256. The molecule has 0 atom stereocenters. The largest absolute Gasteiger partial charge is 0.309 e. The number of nitrogens with zero attached hydrogens (tertiary/aromatic N) is 2. The van der Waals surface area contributed by atoms with E-state index in [1.165, 1.54) is 11.3 Å². The van der Waals surface area contributed by atoms with E-state index in [1.807, 2.05) is 108 Å². The highest BCUT2D eigenvalue weighted by Crippen LogP contribution is 2.44. The van der Waals surface area contributed by atoms with Crippen molar-refractivity contribution in [3.8, 4) is 33.6 Å². The molecule has 2 nitrogen and oxygen atoms in total. The summed E-state index contributed by atoms with van der Waals surface area (Å²) in [7, 11) is 0. The normalized spacial score (nSPS) is 15.5. The molecule has 3 heteroatoms. The van der Waals surface area contributed by atoms with Crippen LogP contribution in [-0.4, -0.2) is 9.13 Å². The average Bonchev–Trinajstić information content (AvgIpc) is 3.97. The van der Waals surface area contributed by atoms with E-state index in [-0.39, 0.29) is 40.9 Å². The molecule has 8 aromatic carbocycles. The van der Waals surface area contributed by atoms with Gasteiger partial charge < -0.3 is 9.13 Å². The summed E-state index contributed by atoms with van der Waals surface area (Å²) < 4.78 is 120. The molecular formula is C48H30N2S. The summed E-state index contributed by atoms with van der Waals surface area (Å²) in [4.78, 5) is 0. The lowest BCUT2D eigenvalue weighted by Crippen LogP contribution is -1.97. The molecule has 0 fully saturated rings. The van der Waals surface area contributed by atoms with E-state index in [9.17, 15) is 2.74 Å². The SMILES string of the molecule is [2H]c1c([2H])c([2H])c(-c2c([2H])c([2H])c([2H])c(-c3cc(-n4c5ccccc5c5cc(-n6c7ccccc7c7c([2H])c([2H])c([2H])c([2H])c76)ccc54)c4c(c3)sc3ccccc34)c2[2H])c([2H])c1[2H].